The van der Waals surface area contributed by atoms with E-state index in [1.807, 2.05) is 0 Å². The van der Waals surface area contributed by atoms with Gasteiger partial charge in [0.25, 0.3) is 0 Å². The third-order valence-corrected chi connectivity index (χ3v) is 3.33. The third-order valence-electron chi connectivity index (χ3n) is 3.33. The third kappa shape index (κ3) is 6.45. The number of amides is 1. The number of para-hydroxylation sites is 1. The first-order valence-electron chi connectivity index (χ1n) is 7.37. The van der Waals surface area contributed by atoms with E-state index in [1.165, 1.54) is 12.1 Å². The number of hydrogen-bond donors (Lipinski definition) is 2. The molecule has 2 rings (SSSR count). The highest BCUT2D eigenvalue weighted by Gasteiger charge is 2.31. The van der Waals surface area contributed by atoms with E-state index in [9.17, 15) is 18.0 Å². The van der Waals surface area contributed by atoms with Gasteiger partial charge in [0, 0.05) is 19.6 Å². The highest BCUT2D eigenvalue weighted by atomic mass is 19.4. The zero-order chi connectivity index (χ0) is 16.7. The molecule has 1 fully saturated rings. The Kier molecular flexibility index (Phi) is 6.23. The van der Waals surface area contributed by atoms with Gasteiger partial charge in [-0.1, -0.05) is 18.2 Å². The molecule has 0 radical (unpaired) electrons. The van der Waals surface area contributed by atoms with Crippen molar-refractivity contribution in [2.24, 2.45) is 0 Å². The van der Waals surface area contributed by atoms with Crippen LogP contribution in [0.5, 0.6) is 5.75 Å². The molecule has 1 amide bonds. The van der Waals surface area contributed by atoms with E-state index in [0.717, 1.165) is 6.54 Å². The number of halogens is 3. The molecule has 1 heterocycles. The van der Waals surface area contributed by atoms with Crippen LogP contribution in [0.2, 0.25) is 0 Å². The number of ether oxygens (including phenoxy) is 2. The maximum atomic E-state index is 12.3. The molecule has 23 heavy (non-hydrogen) atoms. The van der Waals surface area contributed by atoms with E-state index in [0.29, 0.717) is 18.7 Å². The molecule has 1 saturated heterocycles. The van der Waals surface area contributed by atoms with E-state index in [-0.39, 0.29) is 37.1 Å². The van der Waals surface area contributed by atoms with E-state index < -0.39 is 6.36 Å². The van der Waals surface area contributed by atoms with Crippen LogP contribution in [0.25, 0.3) is 0 Å². The second-order valence-corrected chi connectivity index (χ2v) is 5.16. The Hall–Kier alpha value is -1.80. The molecule has 5 nitrogen and oxygen atoms in total. The van der Waals surface area contributed by atoms with Gasteiger partial charge >= 0.3 is 6.36 Å². The first-order valence-corrected chi connectivity index (χ1v) is 7.37. The molecule has 0 aliphatic carbocycles. The van der Waals surface area contributed by atoms with Crippen LogP contribution < -0.4 is 15.4 Å². The molecular weight excluding hydrogens is 313 g/mol. The minimum absolute atomic E-state index is 0.162. The van der Waals surface area contributed by atoms with Gasteiger partial charge in [-0.05, 0) is 18.1 Å². The van der Waals surface area contributed by atoms with Crippen LogP contribution in [0.1, 0.15) is 12.0 Å². The standard InChI is InChI=1S/C15H19F3N2O3/c16-15(17,18)23-13-4-2-1-3-11(13)5-6-20-14(21)9-12-10-19-7-8-22-12/h1-4,12,19H,5-10H2,(H,20,21)/t12-/m1/s1. The molecule has 0 bridgehead atoms. The lowest BCUT2D eigenvalue weighted by Gasteiger charge is -2.23. The first kappa shape index (κ1) is 17.6. The monoisotopic (exact) mass is 332 g/mol. The topological polar surface area (TPSA) is 59.6 Å². The van der Waals surface area contributed by atoms with Gasteiger partial charge in [0.15, 0.2) is 0 Å². The van der Waals surface area contributed by atoms with Crippen molar-refractivity contribution in [2.75, 3.05) is 26.2 Å². The summed E-state index contributed by atoms with van der Waals surface area (Å²) in [6.45, 7) is 2.20. The molecule has 128 valence electrons. The Morgan fingerprint density at radius 1 is 1.39 bits per heavy atom. The Balaban J connectivity index is 1.78. The predicted octanol–water partition coefficient (Wildman–Crippen LogP) is 1.62. The Labute approximate surface area is 132 Å². The molecule has 8 heteroatoms. The lowest BCUT2D eigenvalue weighted by molar-refractivity contribution is -0.274. The largest absolute Gasteiger partial charge is 0.573 e. The normalized spacial score (nSPS) is 18.5. The maximum absolute atomic E-state index is 12.3. The zero-order valence-corrected chi connectivity index (χ0v) is 12.5. The Morgan fingerprint density at radius 2 is 2.17 bits per heavy atom. The number of carbonyl (C=O) groups excluding carboxylic acids is 1. The van der Waals surface area contributed by atoms with Gasteiger partial charge in [0.05, 0.1) is 19.1 Å². The summed E-state index contributed by atoms with van der Waals surface area (Å²) in [5.74, 6) is -0.429. The first-order chi connectivity index (χ1) is 10.9. The summed E-state index contributed by atoms with van der Waals surface area (Å²) in [5.41, 5.74) is 0.390. The highest BCUT2D eigenvalue weighted by molar-refractivity contribution is 5.76. The van der Waals surface area contributed by atoms with E-state index >= 15 is 0 Å². The van der Waals surface area contributed by atoms with Crippen molar-refractivity contribution in [3.8, 4) is 5.75 Å². The molecule has 1 aromatic rings. The van der Waals surface area contributed by atoms with E-state index in [4.69, 9.17) is 4.74 Å². The fraction of sp³-hybridized carbons (Fsp3) is 0.533. The fourth-order valence-electron chi connectivity index (χ4n) is 2.30. The summed E-state index contributed by atoms with van der Waals surface area (Å²) < 4.78 is 46.4. The molecule has 1 aromatic carbocycles. The van der Waals surface area contributed by atoms with Crippen molar-refractivity contribution in [2.45, 2.75) is 25.3 Å². The molecule has 0 unspecified atom stereocenters. The van der Waals surface area contributed by atoms with Gasteiger partial charge in [0.2, 0.25) is 5.91 Å². The predicted molar refractivity (Wildman–Crippen MR) is 77.1 cm³/mol. The van der Waals surface area contributed by atoms with Crippen LogP contribution in [-0.4, -0.2) is 44.6 Å². The summed E-state index contributed by atoms with van der Waals surface area (Å²) in [4.78, 5) is 11.8. The molecular formula is C15H19F3N2O3. The number of hydrogen-bond acceptors (Lipinski definition) is 4. The van der Waals surface area contributed by atoms with Crippen LogP contribution in [-0.2, 0) is 16.0 Å². The van der Waals surface area contributed by atoms with Crippen molar-refractivity contribution >= 4 is 5.91 Å². The highest BCUT2D eigenvalue weighted by Crippen LogP contribution is 2.26. The molecule has 0 spiro atoms. The second-order valence-electron chi connectivity index (χ2n) is 5.16. The van der Waals surface area contributed by atoms with Crippen LogP contribution >= 0.6 is 0 Å². The summed E-state index contributed by atoms with van der Waals surface area (Å²) in [7, 11) is 0. The lowest BCUT2D eigenvalue weighted by atomic mass is 10.1. The number of benzene rings is 1. The number of nitrogens with one attached hydrogen (secondary N) is 2. The number of alkyl halides is 3. The number of morpholine rings is 1. The van der Waals surface area contributed by atoms with Gasteiger partial charge in [0.1, 0.15) is 5.75 Å². The lowest BCUT2D eigenvalue weighted by Crippen LogP contribution is -2.41. The van der Waals surface area contributed by atoms with Crippen molar-refractivity contribution in [3.05, 3.63) is 29.8 Å². The van der Waals surface area contributed by atoms with Crippen LogP contribution in [0.15, 0.2) is 24.3 Å². The van der Waals surface area contributed by atoms with Crippen molar-refractivity contribution in [1.82, 2.24) is 10.6 Å². The van der Waals surface area contributed by atoms with Crippen molar-refractivity contribution in [1.29, 1.82) is 0 Å². The second kappa shape index (κ2) is 8.16. The molecule has 1 aliphatic rings. The van der Waals surface area contributed by atoms with Crippen LogP contribution in [0, 0.1) is 0 Å². The van der Waals surface area contributed by atoms with Gasteiger partial charge in [-0.15, -0.1) is 13.2 Å². The molecule has 1 aliphatic heterocycles. The molecule has 1 atom stereocenters. The van der Waals surface area contributed by atoms with E-state index in [2.05, 4.69) is 15.4 Å². The van der Waals surface area contributed by atoms with Crippen LogP contribution in [0.3, 0.4) is 0 Å². The van der Waals surface area contributed by atoms with Gasteiger partial charge in [-0.3, -0.25) is 4.79 Å². The SMILES string of the molecule is O=C(C[C@@H]1CNCCO1)NCCc1ccccc1OC(F)(F)F. The fourth-order valence-corrected chi connectivity index (χ4v) is 2.30. The quantitative estimate of drug-likeness (QED) is 0.831. The Morgan fingerprint density at radius 3 is 2.87 bits per heavy atom. The van der Waals surface area contributed by atoms with Gasteiger partial charge < -0.3 is 20.1 Å². The Bertz CT molecular complexity index is 517. The maximum Gasteiger partial charge on any atom is 0.573 e. The van der Waals surface area contributed by atoms with Gasteiger partial charge in [-0.25, -0.2) is 0 Å². The minimum Gasteiger partial charge on any atom is -0.406 e. The molecule has 2 N–H and O–H groups in total. The summed E-state index contributed by atoms with van der Waals surface area (Å²) in [5, 5.41) is 5.81. The number of carbonyl (C=O) groups is 1. The summed E-state index contributed by atoms with van der Waals surface area (Å²) >= 11 is 0. The average molecular weight is 332 g/mol. The summed E-state index contributed by atoms with van der Waals surface area (Å²) in [6, 6.07) is 5.89. The minimum atomic E-state index is -4.73. The average Bonchev–Trinajstić information content (AvgIpc) is 2.48. The van der Waals surface area contributed by atoms with Crippen molar-refractivity contribution < 1.29 is 27.4 Å². The zero-order valence-electron chi connectivity index (χ0n) is 12.5. The van der Waals surface area contributed by atoms with Crippen LogP contribution in [0.4, 0.5) is 13.2 Å². The van der Waals surface area contributed by atoms with E-state index in [1.54, 1.807) is 12.1 Å². The smallest absolute Gasteiger partial charge is 0.406 e. The number of rotatable bonds is 6. The molecule has 0 aromatic heterocycles. The molecule has 0 saturated carbocycles. The van der Waals surface area contributed by atoms with Crippen molar-refractivity contribution in [3.63, 3.8) is 0 Å². The summed E-state index contributed by atoms with van der Waals surface area (Å²) in [6.07, 6.45) is -4.41. The van der Waals surface area contributed by atoms with Gasteiger partial charge in [-0.2, -0.15) is 0 Å².